The van der Waals surface area contributed by atoms with Crippen LogP contribution < -0.4 is 0 Å². The third-order valence-corrected chi connectivity index (χ3v) is 6.55. The smallest absolute Gasteiger partial charge is 0.244 e. The van der Waals surface area contributed by atoms with Crippen molar-refractivity contribution >= 4 is 11.0 Å². The first-order valence-corrected chi connectivity index (χ1v) is 11.4. The van der Waals surface area contributed by atoms with Gasteiger partial charge in [-0.3, -0.25) is 9.80 Å². The van der Waals surface area contributed by atoms with Crippen LogP contribution in [0, 0.1) is 13.8 Å². The molecule has 5 rings (SSSR count). The van der Waals surface area contributed by atoms with E-state index in [-0.39, 0.29) is 6.04 Å². The average molecular weight is 431 g/mol. The fourth-order valence-electron chi connectivity index (χ4n) is 4.47. The van der Waals surface area contributed by atoms with Gasteiger partial charge in [0.05, 0.1) is 17.1 Å². The van der Waals surface area contributed by atoms with Crippen molar-refractivity contribution in [3.8, 4) is 11.4 Å². The zero-order valence-electron chi connectivity index (χ0n) is 19.0. The van der Waals surface area contributed by atoms with Crippen LogP contribution in [0.25, 0.3) is 22.4 Å². The van der Waals surface area contributed by atoms with E-state index in [2.05, 4.69) is 80.6 Å². The lowest BCUT2D eigenvalue weighted by atomic mass is 10.1. The van der Waals surface area contributed by atoms with Gasteiger partial charge in [0.1, 0.15) is 5.82 Å². The zero-order valence-corrected chi connectivity index (χ0v) is 19.0. The normalized spacial score (nSPS) is 16.6. The number of imidazole rings is 1. The van der Waals surface area contributed by atoms with Gasteiger partial charge < -0.3 is 9.09 Å². The number of aryl methyl sites for hydroxylation is 2. The van der Waals surface area contributed by atoms with Gasteiger partial charge in [0.15, 0.2) is 0 Å². The highest BCUT2D eigenvalue weighted by Crippen LogP contribution is 2.24. The highest BCUT2D eigenvalue weighted by atomic mass is 16.5. The van der Waals surface area contributed by atoms with Gasteiger partial charge >= 0.3 is 0 Å². The van der Waals surface area contributed by atoms with Crippen LogP contribution in [0.1, 0.15) is 30.2 Å². The molecule has 2 aromatic carbocycles. The zero-order chi connectivity index (χ0) is 22.1. The number of fused-ring (bicyclic) bond motifs is 1. The van der Waals surface area contributed by atoms with E-state index >= 15 is 0 Å². The summed E-state index contributed by atoms with van der Waals surface area (Å²) in [6.45, 7) is 12.4. The second-order valence-corrected chi connectivity index (χ2v) is 8.68. The van der Waals surface area contributed by atoms with E-state index in [4.69, 9.17) is 4.52 Å². The quantitative estimate of drug-likeness (QED) is 0.459. The molecule has 0 unspecified atom stereocenters. The first kappa shape index (κ1) is 20.8. The number of aromatic nitrogens is 4. The Balaban J connectivity index is 1.17. The van der Waals surface area contributed by atoms with Crippen molar-refractivity contribution in [2.24, 2.45) is 0 Å². The molecule has 7 heteroatoms. The molecule has 0 spiro atoms. The number of rotatable bonds is 6. The van der Waals surface area contributed by atoms with Crippen LogP contribution in [0.15, 0.2) is 53.1 Å². The molecule has 1 fully saturated rings. The molecule has 0 saturated carbocycles. The van der Waals surface area contributed by atoms with Crippen molar-refractivity contribution in [2.75, 3.05) is 32.7 Å². The fourth-order valence-corrected chi connectivity index (χ4v) is 4.47. The summed E-state index contributed by atoms with van der Waals surface area (Å²) in [5.41, 5.74) is 4.51. The molecular weight excluding hydrogens is 400 g/mol. The molecule has 0 aliphatic carbocycles. The third kappa shape index (κ3) is 4.18. The molecule has 3 heterocycles. The number of hydrogen-bond donors (Lipinski definition) is 0. The van der Waals surface area contributed by atoms with Crippen LogP contribution in [0.5, 0.6) is 0 Å². The third-order valence-electron chi connectivity index (χ3n) is 6.55. The first-order chi connectivity index (χ1) is 15.6. The molecule has 1 saturated heterocycles. The molecule has 2 aromatic heterocycles. The van der Waals surface area contributed by atoms with Crippen molar-refractivity contribution in [3.05, 3.63) is 65.8 Å². The Morgan fingerprint density at radius 3 is 2.44 bits per heavy atom. The average Bonchev–Trinajstić information content (AvgIpc) is 3.42. The molecule has 0 radical (unpaired) electrons. The molecule has 0 amide bonds. The van der Waals surface area contributed by atoms with E-state index in [1.807, 2.05) is 18.2 Å². The van der Waals surface area contributed by atoms with Crippen molar-refractivity contribution in [3.63, 3.8) is 0 Å². The number of benzene rings is 2. The predicted molar refractivity (Wildman–Crippen MR) is 125 cm³/mol. The summed E-state index contributed by atoms with van der Waals surface area (Å²) in [6.07, 6.45) is 0. The summed E-state index contributed by atoms with van der Waals surface area (Å²) in [6, 6.07) is 16.7. The molecule has 1 aliphatic rings. The molecule has 0 N–H and O–H groups in total. The Labute approximate surface area is 188 Å². The fraction of sp³-hybridized carbons (Fsp3) is 0.400. The van der Waals surface area contributed by atoms with Gasteiger partial charge in [0.2, 0.25) is 11.7 Å². The van der Waals surface area contributed by atoms with E-state index in [1.54, 1.807) is 0 Å². The van der Waals surface area contributed by atoms with Gasteiger partial charge in [-0.25, -0.2) is 4.98 Å². The van der Waals surface area contributed by atoms with Gasteiger partial charge in [-0.05, 0) is 32.9 Å². The van der Waals surface area contributed by atoms with Gasteiger partial charge in [0, 0.05) is 44.8 Å². The number of hydrogen-bond acceptors (Lipinski definition) is 6. The maximum absolute atomic E-state index is 5.62. The van der Waals surface area contributed by atoms with Gasteiger partial charge in [0.25, 0.3) is 0 Å². The van der Waals surface area contributed by atoms with Crippen molar-refractivity contribution in [1.82, 2.24) is 29.5 Å². The second-order valence-electron chi connectivity index (χ2n) is 8.68. The lowest BCUT2D eigenvalue weighted by Crippen LogP contribution is -2.47. The second kappa shape index (κ2) is 8.84. The Hall–Kier alpha value is -3.03. The Morgan fingerprint density at radius 2 is 1.66 bits per heavy atom. The molecule has 1 aliphatic heterocycles. The van der Waals surface area contributed by atoms with Crippen molar-refractivity contribution < 1.29 is 4.52 Å². The van der Waals surface area contributed by atoms with Crippen LogP contribution >= 0.6 is 0 Å². The summed E-state index contributed by atoms with van der Waals surface area (Å²) >= 11 is 0. The number of piperazine rings is 1. The Kier molecular flexibility index (Phi) is 5.76. The van der Waals surface area contributed by atoms with Crippen LogP contribution in [-0.2, 0) is 6.54 Å². The maximum atomic E-state index is 5.62. The first-order valence-electron chi connectivity index (χ1n) is 11.4. The predicted octanol–water partition coefficient (Wildman–Crippen LogP) is 4.08. The Bertz CT molecular complexity index is 1190. The standard InChI is InChI=1S/C25H30N6O/c1-18-8-10-21(11-9-18)24-27-25(32-28-24)19(2)30-15-12-29(13-16-30)14-17-31-20(3)26-22-6-4-5-7-23(22)31/h4-11,19H,12-17H2,1-3H3/t19-/m1/s1. The molecule has 7 nitrogen and oxygen atoms in total. The topological polar surface area (TPSA) is 63.2 Å². The van der Waals surface area contributed by atoms with E-state index in [0.29, 0.717) is 11.7 Å². The summed E-state index contributed by atoms with van der Waals surface area (Å²) in [7, 11) is 0. The SMILES string of the molecule is Cc1ccc(-c2noc([C@@H](C)N3CCN(CCn4c(C)nc5ccccc54)CC3)n2)cc1. The van der Waals surface area contributed by atoms with E-state index in [1.165, 1.54) is 11.1 Å². The monoisotopic (exact) mass is 430 g/mol. The summed E-state index contributed by atoms with van der Waals surface area (Å²) in [5.74, 6) is 2.43. The van der Waals surface area contributed by atoms with E-state index < -0.39 is 0 Å². The molecular formula is C25H30N6O. The van der Waals surface area contributed by atoms with Crippen LogP contribution in [-0.4, -0.2) is 62.2 Å². The molecule has 166 valence electrons. The highest BCUT2D eigenvalue weighted by molar-refractivity contribution is 5.75. The minimum absolute atomic E-state index is 0.115. The van der Waals surface area contributed by atoms with Crippen molar-refractivity contribution in [2.45, 2.75) is 33.4 Å². The summed E-state index contributed by atoms with van der Waals surface area (Å²) in [5, 5.41) is 4.21. The van der Waals surface area contributed by atoms with Gasteiger partial charge in [-0.1, -0.05) is 47.1 Å². The minimum Gasteiger partial charge on any atom is -0.337 e. The van der Waals surface area contributed by atoms with Crippen LogP contribution in [0.2, 0.25) is 0 Å². The van der Waals surface area contributed by atoms with E-state index in [0.717, 1.165) is 56.2 Å². The van der Waals surface area contributed by atoms with Gasteiger partial charge in [-0.2, -0.15) is 4.98 Å². The molecule has 0 bridgehead atoms. The van der Waals surface area contributed by atoms with Crippen LogP contribution in [0.4, 0.5) is 0 Å². The largest absolute Gasteiger partial charge is 0.337 e. The van der Waals surface area contributed by atoms with Crippen molar-refractivity contribution in [1.29, 1.82) is 0 Å². The number of nitrogens with zero attached hydrogens (tertiary/aromatic N) is 6. The highest BCUT2D eigenvalue weighted by Gasteiger charge is 2.26. The molecule has 4 aromatic rings. The minimum atomic E-state index is 0.115. The molecule has 1 atom stereocenters. The lowest BCUT2D eigenvalue weighted by molar-refractivity contribution is 0.0865. The number of para-hydroxylation sites is 2. The van der Waals surface area contributed by atoms with Gasteiger partial charge in [-0.15, -0.1) is 0 Å². The van der Waals surface area contributed by atoms with E-state index in [9.17, 15) is 0 Å². The summed E-state index contributed by atoms with van der Waals surface area (Å²) in [4.78, 5) is 14.3. The van der Waals surface area contributed by atoms with Crippen LogP contribution in [0.3, 0.4) is 0 Å². The maximum Gasteiger partial charge on any atom is 0.244 e. The lowest BCUT2D eigenvalue weighted by Gasteiger charge is -2.36. The summed E-state index contributed by atoms with van der Waals surface area (Å²) < 4.78 is 7.94. The molecule has 32 heavy (non-hydrogen) atoms. The Morgan fingerprint density at radius 1 is 0.906 bits per heavy atom.